The van der Waals surface area contributed by atoms with Crippen LogP contribution in [0.1, 0.15) is 20.8 Å². The van der Waals surface area contributed by atoms with Gasteiger partial charge in [-0.25, -0.2) is 0 Å². The Hall–Kier alpha value is -0.870. The van der Waals surface area contributed by atoms with E-state index in [0.717, 1.165) is 32.8 Å². The molecular weight excluding hydrogens is 204 g/mol. The first-order valence-electron chi connectivity index (χ1n) is 5.76. The lowest BCUT2D eigenvalue weighted by Crippen LogP contribution is -2.40. The Morgan fingerprint density at radius 3 is 2.56 bits per heavy atom. The van der Waals surface area contributed by atoms with Crippen molar-refractivity contribution in [1.82, 2.24) is 10.2 Å². The Kier molecular flexibility index (Phi) is 4.96. The molecule has 0 spiro atoms. The quantitative estimate of drug-likeness (QED) is 0.723. The summed E-state index contributed by atoms with van der Waals surface area (Å²) in [5.74, 6) is -0.0271. The van der Waals surface area contributed by atoms with Crippen LogP contribution in [-0.2, 0) is 9.53 Å². The zero-order valence-electron chi connectivity index (χ0n) is 10.5. The van der Waals surface area contributed by atoms with E-state index in [0.29, 0.717) is 0 Å². The average molecular weight is 226 g/mol. The van der Waals surface area contributed by atoms with E-state index < -0.39 is 0 Å². The minimum Gasteiger partial charge on any atom is -0.379 e. The van der Waals surface area contributed by atoms with Crippen LogP contribution in [0.3, 0.4) is 0 Å². The van der Waals surface area contributed by atoms with Gasteiger partial charge in [0, 0.05) is 31.2 Å². The van der Waals surface area contributed by atoms with Gasteiger partial charge in [-0.05, 0) is 20.8 Å². The monoisotopic (exact) mass is 226 g/mol. The Morgan fingerprint density at radius 2 is 2.00 bits per heavy atom. The second-order valence-corrected chi connectivity index (χ2v) is 5.05. The normalized spacial score (nSPS) is 18.9. The van der Waals surface area contributed by atoms with Crippen molar-refractivity contribution < 1.29 is 9.53 Å². The summed E-state index contributed by atoms with van der Waals surface area (Å²) in [6, 6.07) is 0. The van der Waals surface area contributed by atoms with Gasteiger partial charge in [0.25, 0.3) is 0 Å². The molecule has 4 heteroatoms. The third kappa shape index (κ3) is 5.88. The first-order chi connectivity index (χ1) is 7.47. The molecule has 92 valence electrons. The molecule has 1 aliphatic rings. The summed E-state index contributed by atoms with van der Waals surface area (Å²) >= 11 is 0. The zero-order chi connectivity index (χ0) is 12.0. The second-order valence-electron chi connectivity index (χ2n) is 5.05. The van der Waals surface area contributed by atoms with Gasteiger partial charge in [-0.15, -0.1) is 0 Å². The predicted octanol–water partition coefficient (Wildman–Crippen LogP) is 0.790. The van der Waals surface area contributed by atoms with Crippen molar-refractivity contribution in [3.05, 3.63) is 12.2 Å². The lowest BCUT2D eigenvalue weighted by atomic mass is 10.1. The van der Waals surface area contributed by atoms with Crippen LogP contribution < -0.4 is 5.32 Å². The van der Waals surface area contributed by atoms with Crippen molar-refractivity contribution in [2.75, 3.05) is 32.8 Å². The van der Waals surface area contributed by atoms with Gasteiger partial charge >= 0.3 is 0 Å². The van der Waals surface area contributed by atoms with Gasteiger partial charge in [-0.1, -0.05) is 6.08 Å². The molecule has 0 unspecified atom stereocenters. The lowest BCUT2D eigenvalue weighted by molar-refractivity contribution is -0.117. The first kappa shape index (κ1) is 13.2. The second kappa shape index (κ2) is 6.01. The molecule has 0 aliphatic carbocycles. The van der Waals surface area contributed by atoms with Crippen molar-refractivity contribution >= 4 is 5.91 Å². The Balaban J connectivity index is 2.22. The van der Waals surface area contributed by atoms with Crippen LogP contribution in [0, 0.1) is 0 Å². The highest BCUT2D eigenvalue weighted by molar-refractivity contribution is 5.87. The largest absolute Gasteiger partial charge is 0.379 e. The summed E-state index contributed by atoms with van der Waals surface area (Å²) in [4.78, 5) is 13.7. The number of nitrogens with zero attached hydrogens (tertiary/aromatic N) is 1. The third-order valence-corrected chi connectivity index (χ3v) is 2.23. The Labute approximate surface area is 97.6 Å². The SMILES string of the molecule is CC(C)(C)NC(=O)/C=C/CN1CCOCC1. The maximum absolute atomic E-state index is 11.5. The topological polar surface area (TPSA) is 41.6 Å². The minimum absolute atomic E-state index is 0.0271. The van der Waals surface area contributed by atoms with E-state index in [4.69, 9.17) is 4.74 Å². The molecule has 1 rings (SSSR count). The molecule has 0 saturated carbocycles. The summed E-state index contributed by atoms with van der Waals surface area (Å²) < 4.78 is 5.25. The number of carbonyl (C=O) groups is 1. The molecule has 1 heterocycles. The number of nitrogens with one attached hydrogen (secondary N) is 1. The first-order valence-corrected chi connectivity index (χ1v) is 5.76. The van der Waals surface area contributed by atoms with Crippen LogP contribution in [-0.4, -0.2) is 49.2 Å². The lowest BCUT2D eigenvalue weighted by Gasteiger charge is -2.25. The fourth-order valence-electron chi connectivity index (χ4n) is 1.50. The number of hydrogen-bond donors (Lipinski definition) is 1. The highest BCUT2D eigenvalue weighted by Crippen LogP contribution is 1.99. The summed E-state index contributed by atoms with van der Waals surface area (Å²) in [5.41, 5.74) is -0.166. The van der Waals surface area contributed by atoms with Crippen molar-refractivity contribution in [3.8, 4) is 0 Å². The summed E-state index contributed by atoms with van der Waals surface area (Å²) in [7, 11) is 0. The third-order valence-electron chi connectivity index (χ3n) is 2.23. The molecule has 1 aliphatic heterocycles. The van der Waals surface area contributed by atoms with E-state index in [1.165, 1.54) is 0 Å². The molecule has 0 radical (unpaired) electrons. The molecule has 16 heavy (non-hydrogen) atoms. The van der Waals surface area contributed by atoms with Gasteiger partial charge in [-0.2, -0.15) is 0 Å². The molecule has 0 aromatic heterocycles. The maximum atomic E-state index is 11.5. The zero-order valence-corrected chi connectivity index (χ0v) is 10.5. The van der Waals surface area contributed by atoms with Crippen LogP contribution >= 0.6 is 0 Å². The number of ether oxygens (including phenoxy) is 1. The molecule has 1 amide bonds. The van der Waals surface area contributed by atoms with E-state index >= 15 is 0 Å². The maximum Gasteiger partial charge on any atom is 0.244 e. The van der Waals surface area contributed by atoms with Gasteiger partial charge < -0.3 is 10.1 Å². The number of amides is 1. The van der Waals surface area contributed by atoms with Crippen molar-refractivity contribution in [2.45, 2.75) is 26.3 Å². The molecule has 0 bridgehead atoms. The minimum atomic E-state index is -0.166. The Morgan fingerprint density at radius 1 is 1.38 bits per heavy atom. The number of carbonyl (C=O) groups excluding carboxylic acids is 1. The molecule has 0 aromatic carbocycles. The number of hydrogen-bond acceptors (Lipinski definition) is 3. The van der Waals surface area contributed by atoms with Crippen LogP contribution in [0.2, 0.25) is 0 Å². The fourth-order valence-corrected chi connectivity index (χ4v) is 1.50. The van der Waals surface area contributed by atoms with Gasteiger partial charge in [0.05, 0.1) is 13.2 Å². The molecule has 0 aromatic rings. The predicted molar refractivity (Wildman–Crippen MR) is 64.3 cm³/mol. The summed E-state index contributed by atoms with van der Waals surface area (Å²) in [6.45, 7) is 10.2. The van der Waals surface area contributed by atoms with Crippen molar-refractivity contribution in [2.24, 2.45) is 0 Å². The summed E-state index contributed by atoms with van der Waals surface area (Å²) in [5, 5.41) is 2.89. The van der Waals surface area contributed by atoms with Gasteiger partial charge in [0.15, 0.2) is 0 Å². The van der Waals surface area contributed by atoms with Gasteiger partial charge in [-0.3, -0.25) is 9.69 Å². The van der Waals surface area contributed by atoms with E-state index in [1.807, 2.05) is 26.8 Å². The highest BCUT2D eigenvalue weighted by atomic mass is 16.5. The standard InChI is InChI=1S/C12H22N2O2/c1-12(2,3)13-11(15)5-4-6-14-7-9-16-10-8-14/h4-5H,6-10H2,1-3H3,(H,13,15)/b5-4+. The van der Waals surface area contributed by atoms with Crippen LogP contribution in [0.15, 0.2) is 12.2 Å². The molecule has 1 saturated heterocycles. The molecule has 4 nitrogen and oxygen atoms in total. The smallest absolute Gasteiger partial charge is 0.244 e. The number of morpholine rings is 1. The Bertz CT molecular complexity index is 250. The molecule has 0 atom stereocenters. The molecular formula is C12H22N2O2. The number of rotatable bonds is 3. The highest BCUT2D eigenvalue weighted by Gasteiger charge is 2.11. The molecule has 1 fully saturated rings. The van der Waals surface area contributed by atoms with E-state index in [-0.39, 0.29) is 11.4 Å². The summed E-state index contributed by atoms with van der Waals surface area (Å²) in [6.07, 6.45) is 3.52. The van der Waals surface area contributed by atoms with Gasteiger partial charge in [0.2, 0.25) is 5.91 Å². The van der Waals surface area contributed by atoms with E-state index in [2.05, 4.69) is 10.2 Å². The van der Waals surface area contributed by atoms with Crippen LogP contribution in [0.5, 0.6) is 0 Å². The van der Waals surface area contributed by atoms with E-state index in [1.54, 1.807) is 6.08 Å². The van der Waals surface area contributed by atoms with Crippen LogP contribution in [0.25, 0.3) is 0 Å². The average Bonchev–Trinajstić information content (AvgIpc) is 2.16. The molecule has 1 N–H and O–H groups in total. The van der Waals surface area contributed by atoms with Crippen molar-refractivity contribution in [3.63, 3.8) is 0 Å². The van der Waals surface area contributed by atoms with Crippen LogP contribution in [0.4, 0.5) is 0 Å². The fraction of sp³-hybridized carbons (Fsp3) is 0.750. The van der Waals surface area contributed by atoms with E-state index in [9.17, 15) is 4.79 Å². The van der Waals surface area contributed by atoms with Crippen molar-refractivity contribution in [1.29, 1.82) is 0 Å². The van der Waals surface area contributed by atoms with Gasteiger partial charge in [0.1, 0.15) is 0 Å².